The van der Waals surface area contributed by atoms with Crippen LogP contribution in [0.5, 0.6) is 0 Å². The van der Waals surface area contributed by atoms with E-state index >= 15 is 0 Å². The normalized spacial score (nSPS) is 14.7. The van der Waals surface area contributed by atoms with E-state index in [0.717, 1.165) is 18.5 Å². The van der Waals surface area contributed by atoms with Gasteiger partial charge in [0.2, 0.25) is 5.91 Å². The number of aliphatic imine (C=N–C) groups is 1. The zero-order valence-corrected chi connectivity index (χ0v) is 19.4. The van der Waals surface area contributed by atoms with E-state index < -0.39 is 0 Å². The fourth-order valence-corrected chi connectivity index (χ4v) is 2.90. The number of nitrogens with one attached hydrogen (secondary N) is 1. The van der Waals surface area contributed by atoms with Crippen molar-refractivity contribution >= 4 is 41.9 Å². The van der Waals surface area contributed by atoms with Gasteiger partial charge in [-0.2, -0.15) is 0 Å². The summed E-state index contributed by atoms with van der Waals surface area (Å²) in [7, 11) is 1.75. The summed E-state index contributed by atoms with van der Waals surface area (Å²) < 4.78 is 5.01. The van der Waals surface area contributed by atoms with Crippen molar-refractivity contribution < 1.29 is 14.3 Å². The van der Waals surface area contributed by atoms with Gasteiger partial charge in [-0.15, -0.1) is 24.0 Å². The lowest BCUT2D eigenvalue weighted by Crippen LogP contribution is -2.48. The molecular weight excluding hydrogens is 487 g/mol. The van der Waals surface area contributed by atoms with Crippen molar-refractivity contribution in [3.8, 4) is 0 Å². The molecule has 2 heterocycles. The number of hydrogen-bond donors (Lipinski definition) is 2. The van der Waals surface area contributed by atoms with Crippen LogP contribution in [0.2, 0.25) is 0 Å². The van der Waals surface area contributed by atoms with Crippen LogP contribution in [0.15, 0.2) is 29.4 Å². The highest BCUT2D eigenvalue weighted by Crippen LogP contribution is 2.11. The largest absolute Gasteiger partial charge is 0.450 e. The van der Waals surface area contributed by atoms with Crippen molar-refractivity contribution in [2.24, 2.45) is 10.7 Å². The number of nitrogens with zero attached hydrogens (tertiary/aromatic N) is 4. The Hall–Kier alpha value is -2.11. The summed E-state index contributed by atoms with van der Waals surface area (Å²) in [5.41, 5.74) is 6.86. The highest BCUT2D eigenvalue weighted by atomic mass is 127. The Labute approximate surface area is 189 Å². The van der Waals surface area contributed by atoms with Crippen LogP contribution in [0.3, 0.4) is 0 Å². The lowest BCUT2D eigenvalue weighted by molar-refractivity contribution is -0.128. The summed E-state index contributed by atoms with van der Waals surface area (Å²) >= 11 is 0. The zero-order chi connectivity index (χ0) is 20.4. The first-order chi connectivity index (χ1) is 13.5. The molecule has 0 atom stereocenters. The van der Waals surface area contributed by atoms with Gasteiger partial charge in [-0.05, 0) is 31.9 Å². The van der Waals surface area contributed by atoms with Gasteiger partial charge in [0.25, 0.3) is 0 Å². The smallest absolute Gasteiger partial charge is 0.409 e. The molecule has 29 heavy (non-hydrogen) atoms. The third-order valence-electron chi connectivity index (χ3n) is 4.61. The second-order valence-electron chi connectivity index (χ2n) is 6.69. The molecule has 1 fully saturated rings. The van der Waals surface area contributed by atoms with Crippen LogP contribution in [-0.4, -0.2) is 78.6 Å². The monoisotopic (exact) mass is 518 g/mol. The molecule has 0 radical (unpaired) electrons. The standard InChI is InChI=1S/C19H30N6O3.HI/c1-3-28-19(27)25-12-8-16(9-13-25)23-18(20)22-14-17(26)24(2)11-7-15-6-4-5-10-21-15;/h4-6,10,16H,3,7-9,11-14H2,1-2H3,(H3,20,22,23);1H. The van der Waals surface area contributed by atoms with Gasteiger partial charge in [0.1, 0.15) is 6.54 Å². The number of hydrogen-bond acceptors (Lipinski definition) is 5. The number of amides is 2. The van der Waals surface area contributed by atoms with E-state index in [1.807, 2.05) is 18.2 Å². The molecule has 1 saturated heterocycles. The Balaban J connectivity index is 0.00000420. The Kier molecular flexibility index (Phi) is 11.3. The van der Waals surface area contributed by atoms with Gasteiger partial charge in [0.15, 0.2) is 5.96 Å². The molecule has 2 amide bonds. The maximum Gasteiger partial charge on any atom is 0.409 e. The molecule has 1 aliphatic rings. The Morgan fingerprint density at radius 1 is 1.38 bits per heavy atom. The molecular formula is C19H31IN6O3. The number of likely N-dealkylation sites (N-methyl/N-ethyl adjacent to an activating group) is 1. The highest BCUT2D eigenvalue weighted by Gasteiger charge is 2.23. The Morgan fingerprint density at radius 2 is 2.10 bits per heavy atom. The van der Waals surface area contributed by atoms with Crippen molar-refractivity contribution in [2.75, 3.05) is 39.8 Å². The first-order valence-electron chi connectivity index (χ1n) is 9.61. The summed E-state index contributed by atoms with van der Waals surface area (Å²) in [6.45, 7) is 3.96. The number of piperidine rings is 1. The maximum absolute atomic E-state index is 12.2. The molecule has 0 aromatic carbocycles. The van der Waals surface area contributed by atoms with Gasteiger partial charge in [0, 0.05) is 51.0 Å². The molecule has 1 aromatic heterocycles. The molecule has 3 N–H and O–H groups in total. The van der Waals surface area contributed by atoms with Crippen LogP contribution in [0.4, 0.5) is 4.79 Å². The number of halogens is 1. The van der Waals surface area contributed by atoms with E-state index in [9.17, 15) is 9.59 Å². The molecule has 0 spiro atoms. The molecule has 162 valence electrons. The molecule has 10 heteroatoms. The third-order valence-corrected chi connectivity index (χ3v) is 4.61. The summed E-state index contributed by atoms with van der Waals surface area (Å²) in [6, 6.07) is 5.86. The maximum atomic E-state index is 12.2. The SMILES string of the molecule is CCOC(=O)N1CCC(NC(N)=NCC(=O)N(C)CCc2ccccn2)CC1.I. The zero-order valence-electron chi connectivity index (χ0n) is 17.0. The van der Waals surface area contributed by atoms with Crippen molar-refractivity contribution in [2.45, 2.75) is 32.2 Å². The molecule has 9 nitrogen and oxygen atoms in total. The minimum Gasteiger partial charge on any atom is -0.450 e. The third kappa shape index (κ3) is 8.84. The molecule has 0 unspecified atom stereocenters. The number of pyridine rings is 1. The lowest BCUT2D eigenvalue weighted by atomic mass is 10.1. The van der Waals surface area contributed by atoms with Crippen LogP contribution < -0.4 is 11.1 Å². The molecule has 2 rings (SSSR count). The fourth-order valence-electron chi connectivity index (χ4n) is 2.90. The number of ether oxygens (including phenoxy) is 1. The number of rotatable bonds is 7. The van der Waals surface area contributed by atoms with Crippen molar-refractivity contribution in [1.82, 2.24) is 20.1 Å². The minimum absolute atomic E-state index is 0. The van der Waals surface area contributed by atoms with E-state index in [2.05, 4.69) is 15.3 Å². The van der Waals surface area contributed by atoms with E-state index in [4.69, 9.17) is 10.5 Å². The number of carbonyl (C=O) groups is 2. The van der Waals surface area contributed by atoms with Crippen molar-refractivity contribution in [3.63, 3.8) is 0 Å². The molecule has 0 bridgehead atoms. The average Bonchev–Trinajstić information content (AvgIpc) is 2.71. The molecule has 1 aromatic rings. The number of carbonyl (C=O) groups excluding carboxylic acids is 2. The highest BCUT2D eigenvalue weighted by molar-refractivity contribution is 14.0. The number of aromatic nitrogens is 1. The van der Waals surface area contributed by atoms with E-state index in [0.29, 0.717) is 32.7 Å². The van der Waals surface area contributed by atoms with Crippen LogP contribution >= 0.6 is 24.0 Å². The number of guanidine groups is 1. The van der Waals surface area contributed by atoms with Gasteiger partial charge in [0.05, 0.1) is 6.61 Å². The number of nitrogens with two attached hydrogens (primary N) is 1. The van der Waals surface area contributed by atoms with Gasteiger partial charge in [-0.1, -0.05) is 6.07 Å². The van der Waals surface area contributed by atoms with Gasteiger partial charge >= 0.3 is 6.09 Å². The summed E-state index contributed by atoms with van der Waals surface area (Å²) in [4.78, 5) is 35.6. The van der Waals surface area contributed by atoms with E-state index in [-0.39, 0.29) is 54.5 Å². The average molecular weight is 518 g/mol. The minimum atomic E-state index is -0.276. The van der Waals surface area contributed by atoms with Crippen LogP contribution in [-0.2, 0) is 16.0 Å². The van der Waals surface area contributed by atoms with Crippen LogP contribution in [0, 0.1) is 0 Å². The summed E-state index contributed by atoms with van der Waals surface area (Å²) in [5, 5.41) is 3.13. The van der Waals surface area contributed by atoms with E-state index in [1.165, 1.54) is 0 Å². The predicted molar refractivity (Wildman–Crippen MR) is 122 cm³/mol. The first-order valence-corrected chi connectivity index (χ1v) is 9.61. The fraction of sp³-hybridized carbons (Fsp3) is 0.579. The summed E-state index contributed by atoms with van der Waals surface area (Å²) in [6.07, 6.45) is 3.67. The topological polar surface area (TPSA) is 113 Å². The van der Waals surface area contributed by atoms with Crippen LogP contribution in [0.1, 0.15) is 25.5 Å². The summed E-state index contributed by atoms with van der Waals surface area (Å²) in [5.74, 6) is 0.152. The number of likely N-dealkylation sites (tertiary alicyclic amines) is 1. The molecule has 0 saturated carbocycles. The predicted octanol–water partition coefficient (Wildman–Crippen LogP) is 1.23. The first kappa shape index (κ1) is 24.9. The Bertz CT molecular complexity index is 665. The Morgan fingerprint density at radius 3 is 2.72 bits per heavy atom. The van der Waals surface area contributed by atoms with Gasteiger partial charge in [-0.3, -0.25) is 9.78 Å². The quantitative estimate of drug-likeness (QED) is 0.319. The van der Waals surface area contributed by atoms with Crippen LogP contribution in [0.25, 0.3) is 0 Å². The second kappa shape index (κ2) is 13.2. The van der Waals surface area contributed by atoms with Crippen molar-refractivity contribution in [1.29, 1.82) is 0 Å². The molecule has 0 aliphatic carbocycles. The van der Waals surface area contributed by atoms with Gasteiger partial charge in [-0.25, -0.2) is 9.79 Å². The van der Waals surface area contributed by atoms with Gasteiger partial charge < -0.3 is 25.6 Å². The lowest BCUT2D eigenvalue weighted by Gasteiger charge is -2.31. The van der Waals surface area contributed by atoms with Crippen molar-refractivity contribution in [3.05, 3.63) is 30.1 Å². The van der Waals surface area contributed by atoms with E-state index in [1.54, 1.807) is 30.0 Å². The molecule has 1 aliphatic heterocycles. The second-order valence-corrected chi connectivity index (χ2v) is 6.69.